The van der Waals surface area contributed by atoms with Gasteiger partial charge in [-0.3, -0.25) is 0 Å². The van der Waals surface area contributed by atoms with E-state index in [1.165, 1.54) is 38.2 Å². The minimum absolute atomic E-state index is 0.0148. The highest BCUT2D eigenvalue weighted by Gasteiger charge is 2.47. The van der Waals surface area contributed by atoms with Crippen LogP contribution in [0.4, 0.5) is 34.1 Å². The fraction of sp³-hybridized carbons (Fsp3) is 0.176. The van der Waals surface area contributed by atoms with E-state index in [0.717, 1.165) is 123 Å². The predicted octanol–water partition coefficient (Wildman–Crippen LogP) is 24.9. The Labute approximate surface area is 645 Å². The molecule has 522 valence electrons. The van der Waals surface area contributed by atoms with Crippen molar-refractivity contribution in [2.45, 2.75) is 118 Å². The van der Waals surface area contributed by atoms with Crippen molar-refractivity contribution in [1.82, 2.24) is 4.57 Å². The third kappa shape index (κ3) is 11.2. The molecule has 15 aromatic rings. The van der Waals surface area contributed by atoms with Gasteiger partial charge in [0.1, 0.15) is 8.07 Å². The maximum absolute atomic E-state index is 9.97. The lowest BCUT2D eigenvalue weighted by Crippen LogP contribution is -2.61. The topological polar surface area (TPSA) is 11.4 Å². The van der Waals surface area contributed by atoms with Gasteiger partial charge in [-0.15, -0.1) is 0 Å². The number of aromatic nitrogens is 1. The maximum Gasteiger partial charge on any atom is 0.252 e. The molecule has 14 aromatic carbocycles. The van der Waals surface area contributed by atoms with Crippen LogP contribution in [-0.2, 0) is 21.7 Å². The van der Waals surface area contributed by atoms with E-state index < -0.39 is 39.0 Å². The van der Waals surface area contributed by atoms with Crippen LogP contribution < -0.4 is 36.6 Å². The average molecular weight is 1410 g/mol. The number of nitrogens with zero attached hydrogens (tertiary/aromatic N) is 3. The molecule has 0 aliphatic carbocycles. The molecule has 18 rings (SSSR count). The molecule has 3 aliphatic heterocycles. The maximum atomic E-state index is 9.97. The highest BCUT2D eigenvalue weighted by Crippen LogP contribution is 2.56. The van der Waals surface area contributed by atoms with Crippen molar-refractivity contribution < 1.29 is 11.0 Å². The van der Waals surface area contributed by atoms with Gasteiger partial charge in [-0.1, -0.05) is 333 Å². The Morgan fingerprint density at radius 2 is 0.692 bits per heavy atom. The molecule has 5 heteroatoms. The lowest BCUT2D eigenvalue weighted by molar-refractivity contribution is 0.569. The van der Waals surface area contributed by atoms with E-state index in [0.29, 0.717) is 5.69 Å². The molecular weight excluding hydrogens is 1310 g/mol. The zero-order valence-corrected chi connectivity index (χ0v) is 64.7. The van der Waals surface area contributed by atoms with Gasteiger partial charge in [0.05, 0.1) is 33.4 Å². The minimum Gasteiger partial charge on any atom is -0.310 e. The summed E-state index contributed by atoms with van der Waals surface area (Å²) >= 11 is 0. The molecule has 107 heavy (non-hydrogen) atoms. The van der Waals surface area contributed by atoms with Gasteiger partial charge >= 0.3 is 0 Å². The van der Waals surface area contributed by atoms with Crippen molar-refractivity contribution in [2.75, 3.05) is 9.80 Å². The Morgan fingerprint density at radius 1 is 0.308 bits per heavy atom. The Kier molecular flexibility index (Phi) is 13.7. The molecule has 0 unspecified atom stereocenters. The molecule has 0 radical (unpaired) electrons. The van der Waals surface area contributed by atoms with Crippen LogP contribution in [0.15, 0.2) is 303 Å². The van der Waals surface area contributed by atoms with Crippen LogP contribution in [0.5, 0.6) is 0 Å². The first kappa shape index (κ1) is 59.0. The molecule has 0 fully saturated rings. The fourth-order valence-electron chi connectivity index (χ4n) is 17.2. The summed E-state index contributed by atoms with van der Waals surface area (Å²) in [5.41, 5.74) is 28.0. The van der Waals surface area contributed by atoms with E-state index in [2.05, 4.69) is 355 Å². The van der Waals surface area contributed by atoms with Crippen LogP contribution in [0.1, 0.15) is 116 Å². The first-order valence-electron chi connectivity index (χ1n) is 41.8. The van der Waals surface area contributed by atoms with Crippen LogP contribution in [0.3, 0.4) is 0 Å². The van der Waals surface area contributed by atoms with Crippen LogP contribution in [0.2, 0.25) is 13.1 Å². The first-order valence-corrected chi connectivity index (χ1v) is 40.8. The summed E-state index contributed by atoms with van der Waals surface area (Å²) < 4.78 is 78.1. The lowest BCUT2D eigenvalue weighted by Gasteiger charge is -2.46. The van der Waals surface area contributed by atoms with E-state index in [-0.39, 0.29) is 67.6 Å². The number of benzene rings is 14. The van der Waals surface area contributed by atoms with Crippen molar-refractivity contribution >= 4 is 97.5 Å². The van der Waals surface area contributed by atoms with E-state index in [9.17, 15) is 8.22 Å². The lowest BCUT2D eigenvalue weighted by atomic mass is 9.33. The molecule has 1 aromatic heterocycles. The van der Waals surface area contributed by atoms with Gasteiger partial charge in [0, 0.05) is 61.5 Å². The zero-order valence-electron chi connectivity index (χ0n) is 71.7. The highest BCUT2D eigenvalue weighted by atomic mass is 28.3. The van der Waals surface area contributed by atoms with E-state index in [1.807, 2.05) is 6.07 Å². The molecule has 0 atom stereocenters. The molecule has 0 saturated heterocycles. The first-order chi connectivity index (χ1) is 54.7. The molecule has 0 N–H and O–H groups in total. The van der Waals surface area contributed by atoms with Crippen molar-refractivity contribution in [3.05, 3.63) is 325 Å². The molecule has 0 spiro atoms. The SMILES string of the molecule is [2H]c1c([2H])c([2H])c2c(c1[2H])c1c([2H])c([2H])c([2H])c([2H])c1n2-c1ccc2c(c1)N(c1c(-c3ccccc3)cc(C(C)(C)C)cc1-c1ccccc1)c1cc(-c3cccc4c3-c3ccccc3[Si]4(C)C)cc3c1B2c1ccc(-c2cc(C(C)(C)C)cc(C(C)(C)C)c2)cc1N3c1c(-c2ccccc2)cc(C(C)(C)C)cc1-c1ccccc1. The quantitative estimate of drug-likeness (QED) is 0.133. The summed E-state index contributed by atoms with van der Waals surface area (Å²) in [5.74, 6) is 0. The van der Waals surface area contributed by atoms with Crippen LogP contribution in [0, 0.1) is 0 Å². The Hall–Kier alpha value is -11.2. The van der Waals surface area contributed by atoms with E-state index in [4.69, 9.17) is 2.74 Å². The third-order valence-electron chi connectivity index (χ3n) is 23.0. The van der Waals surface area contributed by atoms with Crippen LogP contribution >= 0.6 is 0 Å². The highest BCUT2D eigenvalue weighted by molar-refractivity contribution is 7.04. The van der Waals surface area contributed by atoms with Gasteiger partial charge in [0.15, 0.2) is 0 Å². The predicted molar refractivity (Wildman–Crippen MR) is 464 cm³/mol. The van der Waals surface area contributed by atoms with Gasteiger partial charge in [0.25, 0.3) is 6.71 Å². The summed E-state index contributed by atoms with van der Waals surface area (Å²) in [4.78, 5) is 5.16. The fourth-order valence-corrected chi connectivity index (χ4v) is 20.3. The van der Waals surface area contributed by atoms with Gasteiger partial charge in [-0.2, -0.15) is 0 Å². The average Bonchev–Trinajstić information content (AvgIpc) is 1.53. The molecular formula is C102H92BN3Si. The van der Waals surface area contributed by atoms with Crippen molar-refractivity contribution in [3.8, 4) is 83.6 Å². The molecule has 3 nitrogen and oxygen atoms in total. The number of para-hydroxylation sites is 2. The summed E-state index contributed by atoms with van der Waals surface area (Å²) in [5, 5.41) is 2.79. The van der Waals surface area contributed by atoms with E-state index in [1.54, 1.807) is 4.57 Å². The molecule has 0 bridgehead atoms. The second-order valence-electron chi connectivity index (χ2n) is 34.3. The van der Waals surface area contributed by atoms with Gasteiger partial charge in [-0.05, 0) is 193 Å². The van der Waals surface area contributed by atoms with Gasteiger partial charge < -0.3 is 14.4 Å². The third-order valence-corrected chi connectivity index (χ3v) is 26.5. The second kappa shape index (κ2) is 24.9. The Morgan fingerprint density at radius 3 is 1.15 bits per heavy atom. The number of rotatable bonds is 9. The Balaban J connectivity index is 1.09. The van der Waals surface area contributed by atoms with Gasteiger partial charge in [0.2, 0.25) is 0 Å². The Bertz CT molecular complexity index is 6350. The zero-order chi connectivity index (χ0) is 80.8. The summed E-state index contributed by atoms with van der Waals surface area (Å²) in [6, 6.07) is 91.3. The number of hydrogen-bond acceptors (Lipinski definition) is 2. The smallest absolute Gasteiger partial charge is 0.252 e. The number of hydrogen-bond donors (Lipinski definition) is 0. The van der Waals surface area contributed by atoms with E-state index >= 15 is 0 Å². The molecule has 0 amide bonds. The van der Waals surface area contributed by atoms with Gasteiger partial charge in [-0.25, -0.2) is 0 Å². The number of fused-ring (bicyclic) bond motifs is 10. The van der Waals surface area contributed by atoms with Crippen molar-refractivity contribution in [2.24, 2.45) is 0 Å². The standard InChI is InChI=1S/C102H92BN3Si/c1-99(2,3)72-54-70(55-73(59-72)100(4,5)6)69-50-52-85-89(56-69)105(97-81(65-34-19-15-20-35-65)60-74(101(7,8)9)61-82(97)66-36-21-16-22-37-66)91-57-71(77-45-33-49-94-95(77)80-44-29-32-48-93(80)107(94,13)14)58-92-96(91)103(85)86-53-51-76(104-87-46-30-27-42-78(87)79-43-28-31-47-88(79)104)64-90(86)106(92)98-83(67-38-23-17-24-39-67)62-75(102(10,11)12)63-84(98)68-40-25-18-26-41-68/h15-64H,1-14H3/i27D,28D,30D,31D,42D,43D,46D,47D. The summed E-state index contributed by atoms with van der Waals surface area (Å²) in [6.07, 6.45) is 0. The van der Waals surface area contributed by atoms with Crippen molar-refractivity contribution in [3.63, 3.8) is 0 Å². The normalized spacial score (nSPS) is 14.8. The van der Waals surface area contributed by atoms with Crippen molar-refractivity contribution in [1.29, 1.82) is 0 Å². The summed E-state index contributed by atoms with van der Waals surface area (Å²) in [7, 11) is -2.33. The second-order valence-corrected chi connectivity index (χ2v) is 38.7. The molecule has 0 saturated carbocycles. The van der Waals surface area contributed by atoms with Crippen LogP contribution in [-0.4, -0.2) is 19.4 Å². The minimum atomic E-state index is -2.33. The monoisotopic (exact) mass is 1410 g/mol. The molecule has 3 aliphatic rings. The number of anilines is 6. The summed E-state index contributed by atoms with van der Waals surface area (Å²) in [6.45, 7) is 32.0. The largest absolute Gasteiger partial charge is 0.310 e. The molecule has 4 heterocycles. The van der Waals surface area contributed by atoms with Crippen LogP contribution in [0.25, 0.3) is 105 Å².